The summed E-state index contributed by atoms with van der Waals surface area (Å²) in [6.45, 7) is 4.04. The van der Waals surface area contributed by atoms with Gasteiger partial charge in [-0.3, -0.25) is 0 Å². The number of benzene rings is 1. The van der Waals surface area contributed by atoms with Gasteiger partial charge >= 0.3 is 0 Å². The van der Waals surface area contributed by atoms with Crippen molar-refractivity contribution < 1.29 is 4.74 Å². The molecule has 0 saturated heterocycles. The molecule has 1 atom stereocenters. The third kappa shape index (κ3) is 2.40. The van der Waals surface area contributed by atoms with Crippen LogP contribution in [0.15, 0.2) is 18.2 Å². The molecule has 3 nitrogen and oxygen atoms in total. The highest BCUT2D eigenvalue weighted by Gasteiger charge is 2.04. The second-order valence-electron chi connectivity index (χ2n) is 3.20. The zero-order valence-electron chi connectivity index (χ0n) is 8.45. The van der Waals surface area contributed by atoms with Crippen molar-refractivity contribution in [2.45, 2.75) is 26.4 Å². The van der Waals surface area contributed by atoms with Gasteiger partial charge in [0.15, 0.2) is 0 Å². The van der Waals surface area contributed by atoms with Crippen LogP contribution in [0.25, 0.3) is 0 Å². The molecule has 1 aromatic carbocycles. The Morgan fingerprint density at radius 2 is 2.29 bits per heavy atom. The van der Waals surface area contributed by atoms with Crippen molar-refractivity contribution in [3.8, 4) is 11.8 Å². The molecular formula is C11H14N2O. The van der Waals surface area contributed by atoms with Crippen LogP contribution < -0.4 is 10.5 Å². The molecule has 0 aliphatic heterocycles. The number of ether oxygens (including phenoxy) is 1. The van der Waals surface area contributed by atoms with Crippen molar-refractivity contribution in [3.05, 3.63) is 23.8 Å². The van der Waals surface area contributed by atoms with Crippen LogP contribution >= 0.6 is 0 Å². The molecule has 0 aliphatic carbocycles. The minimum absolute atomic E-state index is 0.158. The first-order valence-corrected chi connectivity index (χ1v) is 4.63. The summed E-state index contributed by atoms with van der Waals surface area (Å²) in [5, 5.41) is 8.75. The summed E-state index contributed by atoms with van der Waals surface area (Å²) in [4.78, 5) is 0. The molecule has 0 saturated carbocycles. The second kappa shape index (κ2) is 4.52. The Balaban J connectivity index is 2.86. The van der Waals surface area contributed by atoms with Crippen molar-refractivity contribution >= 4 is 5.69 Å². The van der Waals surface area contributed by atoms with E-state index in [9.17, 15) is 0 Å². The number of nitrogen functional groups attached to an aromatic ring is 1. The molecule has 0 amide bonds. The Labute approximate surface area is 84.1 Å². The average Bonchev–Trinajstić information content (AvgIpc) is 2.20. The molecule has 0 heterocycles. The van der Waals surface area contributed by atoms with E-state index in [1.807, 2.05) is 19.9 Å². The largest absolute Gasteiger partial charge is 0.491 e. The number of anilines is 1. The Kier molecular flexibility index (Phi) is 3.35. The van der Waals surface area contributed by atoms with Crippen LogP contribution in [0.4, 0.5) is 5.69 Å². The van der Waals surface area contributed by atoms with Crippen molar-refractivity contribution in [1.82, 2.24) is 0 Å². The molecule has 0 radical (unpaired) electrons. The average molecular weight is 190 g/mol. The first-order valence-electron chi connectivity index (χ1n) is 4.63. The molecule has 1 aromatic rings. The maximum Gasteiger partial charge on any atom is 0.121 e. The maximum atomic E-state index is 8.75. The lowest BCUT2D eigenvalue weighted by Gasteiger charge is -2.12. The molecule has 2 N–H and O–H groups in total. The molecule has 0 aromatic heterocycles. The van der Waals surface area contributed by atoms with E-state index >= 15 is 0 Å². The molecule has 1 rings (SSSR count). The predicted molar refractivity (Wildman–Crippen MR) is 56.0 cm³/mol. The fourth-order valence-electron chi connectivity index (χ4n) is 1.02. The van der Waals surface area contributed by atoms with Crippen LogP contribution in [0, 0.1) is 11.3 Å². The molecule has 0 fully saturated rings. The lowest BCUT2D eigenvalue weighted by molar-refractivity contribution is 0.217. The molecule has 0 bridgehead atoms. The van der Waals surface area contributed by atoms with E-state index in [1.165, 1.54) is 0 Å². The Morgan fingerprint density at radius 1 is 1.57 bits per heavy atom. The van der Waals surface area contributed by atoms with Crippen molar-refractivity contribution in [2.75, 3.05) is 5.73 Å². The smallest absolute Gasteiger partial charge is 0.121 e. The summed E-state index contributed by atoms with van der Waals surface area (Å²) in [6, 6.07) is 7.16. The van der Waals surface area contributed by atoms with Gasteiger partial charge in [0.1, 0.15) is 11.8 Å². The van der Waals surface area contributed by atoms with Crippen molar-refractivity contribution in [2.24, 2.45) is 0 Å². The summed E-state index contributed by atoms with van der Waals surface area (Å²) in [6.07, 6.45) is 1.09. The highest BCUT2D eigenvalue weighted by Crippen LogP contribution is 2.20. The lowest BCUT2D eigenvalue weighted by Crippen LogP contribution is -2.09. The number of nitrogens with two attached hydrogens (primary N) is 1. The van der Waals surface area contributed by atoms with Crippen LogP contribution in [-0.2, 0) is 0 Å². The quantitative estimate of drug-likeness (QED) is 0.744. The van der Waals surface area contributed by atoms with Crippen LogP contribution in [0.1, 0.15) is 25.8 Å². The summed E-state index contributed by atoms with van der Waals surface area (Å²) in [5.41, 5.74) is 6.54. The van der Waals surface area contributed by atoms with Crippen LogP contribution in [0.3, 0.4) is 0 Å². The lowest BCUT2D eigenvalue weighted by atomic mass is 10.2. The number of hydrogen-bond donors (Lipinski definition) is 1. The Bertz CT molecular complexity index is 355. The fraction of sp³-hybridized carbons (Fsp3) is 0.364. The van der Waals surface area contributed by atoms with E-state index in [-0.39, 0.29) is 6.10 Å². The van der Waals surface area contributed by atoms with Gasteiger partial charge in [0.2, 0.25) is 0 Å². The zero-order chi connectivity index (χ0) is 10.6. The van der Waals surface area contributed by atoms with E-state index in [4.69, 9.17) is 15.7 Å². The van der Waals surface area contributed by atoms with Gasteiger partial charge in [0, 0.05) is 5.69 Å². The van der Waals surface area contributed by atoms with Crippen LogP contribution in [0.2, 0.25) is 0 Å². The summed E-state index contributed by atoms with van der Waals surface area (Å²) in [5.74, 6) is 0.699. The topological polar surface area (TPSA) is 59.0 Å². The van der Waals surface area contributed by atoms with Gasteiger partial charge in [0.25, 0.3) is 0 Å². The fourth-order valence-corrected chi connectivity index (χ4v) is 1.02. The standard InChI is InChI=1S/C11H14N2O/c1-3-8(2)14-10-4-5-11(13)9(6-10)7-12/h4-6,8H,3,13H2,1-2H3. The normalized spacial score (nSPS) is 11.8. The van der Waals surface area contributed by atoms with E-state index in [0.29, 0.717) is 17.0 Å². The molecule has 1 unspecified atom stereocenters. The number of nitriles is 1. The highest BCUT2D eigenvalue weighted by molar-refractivity contribution is 5.56. The van der Waals surface area contributed by atoms with E-state index < -0.39 is 0 Å². The molecule has 14 heavy (non-hydrogen) atoms. The van der Waals surface area contributed by atoms with Gasteiger partial charge in [-0.25, -0.2) is 0 Å². The Hall–Kier alpha value is -1.69. The minimum Gasteiger partial charge on any atom is -0.491 e. The third-order valence-corrected chi connectivity index (χ3v) is 2.06. The Morgan fingerprint density at radius 3 is 2.86 bits per heavy atom. The summed E-state index contributed by atoms with van der Waals surface area (Å²) < 4.78 is 5.55. The number of hydrogen-bond acceptors (Lipinski definition) is 3. The van der Waals surface area contributed by atoms with Gasteiger partial charge < -0.3 is 10.5 Å². The van der Waals surface area contributed by atoms with E-state index in [0.717, 1.165) is 6.42 Å². The summed E-state index contributed by atoms with van der Waals surface area (Å²) in [7, 11) is 0. The van der Waals surface area contributed by atoms with Gasteiger partial charge in [-0.2, -0.15) is 5.26 Å². The molecule has 0 aliphatic rings. The van der Waals surface area contributed by atoms with Crippen LogP contribution in [0.5, 0.6) is 5.75 Å². The van der Waals surface area contributed by atoms with Crippen molar-refractivity contribution in [1.29, 1.82) is 5.26 Å². The molecule has 0 spiro atoms. The van der Waals surface area contributed by atoms with Crippen LogP contribution in [-0.4, -0.2) is 6.10 Å². The molecule has 3 heteroatoms. The zero-order valence-corrected chi connectivity index (χ0v) is 8.45. The van der Waals surface area contributed by atoms with E-state index in [1.54, 1.807) is 18.2 Å². The maximum absolute atomic E-state index is 8.75. The minimum atomic E-state index is 0.158. The van der Waals surface area contributed by atoms with E-state index in [2.05, 4.69) is 0 Å². The first-order chi connectivity index (χ1) is 6.67. The third-order valence-electron chi connectivity index (χ3n) is 2.06. The first kappa shape index (κ1) is 10.4. The summed E-state index contributed by atoms with van der Waals surface area (Å²) >= 11 is 0. The highest BCUT2D eigenvalue weighted by atomic mass is 16.5. The molecule has 74 valence electrons. The monoisotopic (exact) mass is 190 g/mol. The molecular weight excluding hydrogens is 176 g/mol. The van der Waals surface area contributed by atoms with Gasteiger partial charge in [-0.05, 0) is 31.5 Å². The number of rotatable bonds is 3. The van der Waals surface area contributed by atoms with Gasteiger partial charge in [-0.1, -0.05) is 6.92 Å². The van der Waals surface area contributed by atoms with Crippen molar-refractivity contribution in [3.63, 3.8) is 0 Å². The van der Waals surface area contributed by atoms with Gasteiger partial charge in [-0.15, -0.1) is 0 Å². The second-order valence-corrected chi connectivity index (χ2v) is 3.20. The van der Waals surface area contributed by atoms with Gasteiger partial charge in [0.05, 0.1) is 11.7 Å². The predicted octanol–water partition coefficient (Wildman–Crippen LogP) is 2.32. The number of nitrogens with zero attached hydrogens (tertiary/aromatic N) is 1. The SMILES string of the molecule is CCC(C)Oc1ccc(N)c(C#N)c1.